The summed E-state index contributed by atoms with van der Waals surface area (Å²) in [6, 6.07) is -0.368. The molecule has 0 aliphatic carbocycles. The van der Waals surface area contributed by atoms with Gasteiger partial charge in [0.05, 0.1) is 25.7 Å². The van der Waals surface area contributed by atoms with Crippen LogP contribution >= 0.6 is 0 Å². The summed E-state index contributed by atoms with van der Waals surface area (Å²) in [5.41, 5.74) is 5.43. The molecule has 1 amide bonds. The van der Waals surface area contributed by atoms with Crippen molar-refractivity contribution >= 4 is 11.9 Å². The van der Waals surface area contributed by atoms with Crippen molar-refractivity contribution in [2.45, 2.75) is 19.4 Å². The fraction of sp³-hybridized carbons (Fsp3) is 0.800. The van der Waals surface area contributed by atoms with E-state index in [1.54, 1.807) is 11.8 Å². The SMILES string of the molecule is CC(CN)C(=O)N1CCOCC1CC(=O)O. The number of carboxylic acids is 1. The molecule has 92 valence electrons. The third kappa shape index (κ3) is 3.18. The maximum absolute atomic E-state index is 11.9. The predicted octanol–water partition coefficient (Wildman–Crippen LogP) is -0.717. The van der Waals surface area contributed by atoms with Crippen molar-refractivity contribution in [2.75, 3.05) is 26.3 Å². The Morgan fingerprint density at radius 3 is 2.88 bits per heavy atom. The lowest BCUT2D eigenvalue weighted by Gasteiger charge is -2.36. The first kappa shape index (κ1) is 12.9. The van der Waals surface area contributed by atoms with E-state index < -0.39 is 5.97 Å². The number of amides is 1. The van der Waals surface area contributed by atoms with Gasteiger partial charge in [-0.25, -0.2) is 0 Å². The van der Waals surface area contributed by atoms with Crippen molar-refractivity contribution in [3.05, 3.63) is 0 Å². The van der Waals surface area contributed by atoms with E-state index in [4.69, 9.17) is 15.6 Å². The third-order valence-electron chi connectivity index (χ3n) is 2.70. The molecule has 1 saturated heterocycles. The lowest BCUT2D eigenvalue weighted by molar-refractivity contribution is -0.148. The van der Waals surface area contributed by atoms with Crippen molar-refractivity contribution < 1.29 is 19.4 Å². The third-order valence-corrected chi connectivity index (χ3v) is 2.70. The minimum Gasteiger partial charge on any atom is -0.481 e. The van der Waals surface area contributed by atoms with Crippen LogP contribution in [0.4, 0.5) is 0 Å². The number of rotatable bonds is 4. The fourth-order valence-corrected chi connectivity index (χ4v) is 1.70. The van der Waals surface area contributed by atoms with Gasteiger partial charge < -0.3 is 20.5 Å². The summed E-state index contributed by atoms with van der Waals surface area (Å²) in [6.45, 7) is 3.21. The van der Waals surface area contributed by atoms with Gasteiger partial charge in [0, 0.05) is 19.0 Å². The number of hydrogen-bond donors (Lipinski definition) is 2. The highest BCUT2D eigenvalue weighted by atomic mass is 16.5. The van der Waals surface area contributed by atoms with E-state index >= 15 is 0 Å². The number of carboxylic acid groups (broad SMARTS) is 1. The molecule has 1 heterocycles. The molecule has 3 N–H and O–H groups in total. The van der Waals surface area contributed by atoms with Crippen LogP contribution in [0.5, 0.6) is 0 Å². The number of aliphatic carboxylic acids is 1. The summed E-state index contributed by atoms with van der Waals surface area (Å²) in [5, 5.41) is 8.74. The van der Waals surface area contributed by atoms with Crippen molar-refractivity contribution in [1.82, 2.24) is 4.90 Å². The minimum atomic E-state index is -0.922. The van der Waals surface area contributed by atoms with Crippen LogP contribution in [-0.2, 0) is 14.3 Å². The molecule has 1 fully saturated rings. The van der Waals surface area contributed by atoms with Gasteiger partial charge in [0.1, 0.15) is 0 Å². The van der Waals surface area contributed by atoms with E-state index in [9.17, 15) is 9.59 Å². The number of hydrogen-bond acceptors (Lipinski definition) is 4. The second kappa shape index (κ2) is 5.81. The van der Waals surface area contributed by atoms with Gasteiger partial charge in [-0.2, -0.15) is 0 Å². The summed E-state index contributed by atoms with van der Waals surface area (Å²) in [5.74, 6) is -1.28. The van der Waals surface area contributed by atoms with Gasteiger partial charge in [0.15, 0.2) is 0 Å². The van der Waals surface area contributed by atoms with Crippen LogP contribution in [0.2, 0.25) is 0 Å². The number of nitrogens with zero attached hydrogens (tertiary/aromatic N) is 1. The van der Waals surface area contributed by atoms with Crippen LogP contribution in [0.25, 0.3) is 0 Å². The number of ether oxygens (including phenoxy) is 1. The summed E-state index contributed by atoms with van der Waals surface area (Å²) in [4.78, 5) is 24.2. The lowest BCUT2D eigenvalue weighted by atomic mass is 10.1. The Balaban J connectivity index is 2.65. The van der Waals surface area contributed by atoms with Gasteiger partial charge in [-0.05, 0) is 0 Å². The molecule has 0 spiro atoms. The predicted molar refractivity (Wildman–Crippen MR) is 56.8 cm³/mol. The van der Waals surface area contributed by atoms with E-state index in [0.29, 0.717) is 13.2 Å². The zero-order chi connectivity index (χ0) is 12.1. The van der Waals surface area contributed by atoms with Crippen molar-refractivity contribution in [3.8, 4) is 0 Å². The fourth-order valence-electron chi connectivity index (χ4n) is 1.70. The Kier molecular flexibility index (Phi) is 4.70. The smallest absolute Gasteiger partial charge is 0.305 e. The van der Waals surface area contributed by atoms with Crippen molar-refractivity contribution in [3.63, 3.8) is 0 Å². The van der Waals surface area contributed by atoms with Gasteiger partial charge in [0.25, 0.3) is 0 Å². The molecule has 6 nitrogen and oxygen atoms in total. The molecule has 0 radical (unpaired) electrons. The summed E-state index contributed by atoms with van der Waals surface area (Å²) >= 11 is 0. The molecule has 2 unspecified atom stereocenters. The van der Waals surface area contributed by atoms with Crippen LogP contribution < -0.4 is 5.73 Å². The van der Waals surface area contributed by atoms with Gasteiger partial charge in [-0.1, -0.05) is 6.92 Å². The molecule has 0 aromatic heterocycles. The molecule has 1 rings (SSSR count). The highest BCUT2D eigenvalue weighted by Gasteiger charge is 2.30. The van der Waals surface area contributed by atoms with E-state index in [2.05, 4.69) is 0 Å². The Bertz CT molecular complexity index is 270. The van der Waals surface area contributed by atoms with Gasteiger partial charge >= 0.3 is 5.97 Å². The second-order valence-corrected chi connectivity index (χ2v) is 3.99. The van der Waals surface area contributed by atoms with Gasteiger partial charge in [-0.3, -0.25) is 9.59 Å². The first-order valence-electron chi connectivity index (χ1n) is 5.36. The normalized spacial score (nSPS) is 22.9. The van der Waals surface area contributed by atoms with Gasteiger partial charge in [-0.15, -0.1) is 0 Å². The quantitative estimate of drug-likeness (QED) is 0.665. The summed E-state index contributed by atoms with van der Waals surface area (Å²) < 4.78 is 5.19. The molecular weight excluding hydrogens is 212 g/mol. The molecule has 0 saturated carbocycles. The maximum Gasteiger partial charge on any atom is 0.305 e. The van der Waals surface area contributed by atoms with Gasteiger partial charge in [0.2, 0.25) is 5.91 Å². The Labute approximate surface area is 94.3 Å². The van der Waals surface area contributed by atoms with Crippen LogP contribution in [0.3, 0.4) is 0 Å². The Morgan fingerprint density at radius 2 is 2.31 bits per heavy atom. The first-order chi connectivity index (χ1) is 7.56. The zero-order valence-electron chi connectivity index (χ0n) is 9.39. The largest absolute Gasteiger partial charge is 0.481 e. The molecule has 2 atom stereocenters. The first-order valence-corrected chi connectivity index (χ1v) is 5.36. The van der Waals surface area contributed by atoms with E-state index in [1.165, 1.54) is 0 Å². The maximum atomic E-state index is 11.9. The topological polar surface area (TPSA) is 92.9 Å². The standard InChI is InChI=1S/C10H18N2O4/c1-7(5-11)10(15)12-2-3-16-6-8(12)4-9(13)14/h7-8H,2-6,11H2,1H3,(H,13,14). The second-order valence-electron chi connectivity index (χ2n) is 3.99. The number of carbonyl (C=O) groups excluding carboxylic acids is 1. The Hall–Kier alpha value is -1.14. The molecule has 0 aromatic carbocycles. The van der Waals surface area contributed by atoms with Crippen LogP contribution in [0, 0.1) is 5.92 Å². The average molecular weight is 230 g/mol. The molecule has 1 aliphatic heterocycles. The molecule has 6 heteroatoms. The zero-order valence-corrected chi connectivity index (χ0v) is 9.39. The average Bonchev–Trinajstić information content (AvgIpc) is 2.27. The summed E-state index contributed by atoms with van der Waals surface area (Å²) in [7, 11) is 0. The van der Waals surface area contributed by atoms with E-state index in [1.807, 2.05) is 0 Å². The van der Waals surface area contributed by atoms with Crippen molar-refractivity contribution in [2.24, 2.45) is 11.7 Å². The minimum absolute atomic E-state index is 0.0803. The highest BCUT2D eigenvalue weighted by molar-refractivity contribution is 5.80. The number of carbonyl (C=O) groups is 2. The number of nitrogens with two attached hydrogens (primary N) is 1. The number of morpholine rings is 1. The van der Waals surface area contributed by atoms with Crippen LogP contribution in [0.15, 0.2) is 0 Å². The Morgan fingerprint density at radius 1 is 1.62 bits per heavy atom. The van der Waals surface area contributed by atoms with E-state index in [0.717, 1.165) is 0 Å². The molecule has 16 heavy (non-hydrogen) atoms. The molecular formula is C10H18N2O4. The molecule has 0 bridgehead atoms. The summed E-state index contributed by atoms with van der Waals surface area (Å²) in [6.07, 6.45) is -0.0803. The molecule has 0 aromatic rings. The van der Waals surface area contributed by atoms with E-state index in [-0.39, 0.29) is 37.4 Å². The van der Waals surface area contributed by atoms with Crippen molar-refractivity contribution in [1.29, 1.82) is 0 Å². The molecule has 1 aliphatic rings. The highest BCUT2D eigenvalue weighted by Crippen LogP contribution is 2.14. The monoisotopic (exact) mass is 230 g/mol. The lowest BCUT2D eigenvalue weighted by Crippen LogP contribution is -2.52. The van der Waals surface area contributed by atoms with Crippen LogP contribution in [-0.4, -0.2) is 54.2 Å². The van der Waals surface area contributed by atoms with Crippen LogP contribution in [0.1, 0.15) is 13.3 Å².